The number of fused-ring (bicyclic) bond motifs is 2. The van der Waals surface area contributed by atoms with Gasteiger partial charge in [-0.2, -0.15) is 0 Å². The highest BCUT2D eigenvalue weighted by Crippen LogP contribution is 2.46. The summed E-state index contributed by atoms with van der Waals surface area (Å²) >= 11 is 0. The lowest BCUT2D eigenvalue weighted by Gasteiger charge is -2.35. The van der Waals surface area contributed by atoms with Crippen molar-refractivity contribution in [2.75, 3.05) is 14.1 Å². The first-order chi connectivity index (χ1) is 17.0. The molecule has 2 aromatic carbocycles. The summed E-state index contributed by atoms with van der Waals surface area (Å²) in [6, 6.07) is 18.7. The fourth-order valence-corrected chi connectivity index (χ4v) is 7.02. The van der Waals surface area contributed by atoms with Gasteiger partial charge < -0.3 is 18.9 Å². The van der Waals surface area contributed by atoms with Crippen LogP contribution in [0.25, 0.3) is 0 Å². The molecular formula is C28H37NO6S. The molecule has 1 unspecified atom stereocenters. The number of hydrogen-bond acceptors (Lipinski definition) is 6. The molecule has 1 aliphatic carbocycles. The van der Waals surface area contributed by atoms with Gasteiger partial charge in [0.25, 0.3) is 0 Å². The molecule has 8 heteroatoms. The van der Waals surface area contributed by atoms with Crippen LogP contribution in [0.4, 0.5) is 0 Å². The number of rotatable bonds is 6. The first-order valence-electron chi connectivity index (χ1n) is 12.8. The lowest BCUT2D eigenvalue weighted by Crippen LogP contribution is -2.49. The molecule has 5 rings (SSSR count). The SMILES string of the molecule is C[N+]1(C)C2CC[C@@H]1[C@@H](OC(=O)[C@@](O)(c1ccccc1)C1CCCC1)C2.O=S(=O)([O-])Cc1ccccc1. The van der Waals surface area contributed by atoms with Crippen LogP contribution in [0.5, 0.6) is 0 Å². The van der Waals surface area contributed by atoms with Crippen LogP contribution in [-0.4, -0.2) is 60.8 Å². The number of nitrogens with zero attached hydrogens (tertiary/aromatic N) is 1. The molecule has 0 radical (unpaired) electrons. The highest BCUT2D eigenvalue weighted by molar-refractivity contribution is 7.84. The van der Waals surface area contributed by atoms with E-state index < -0.39 is 27.4 Å². The molecule has 36 heavy (non-hydrogen) atoms. The maximum Gasteiger partial charge on any atom is 0.343 e. The zero-order chi connectivity index (χ0) is 26.0. The van der Waals surface area contributed by atoms with Gasteiger partial charge in [-0.3, -0.25) is 0 Å². The molecule has 7 nitrogen and oxygen atoms in total. The number of benzene rings is 2. The number of aliphatic hydroxyl groups is 1. The highest BCUT2D eigenvalue weighted by atomic mass is 32.2. The van der Waals surface area contributed by atoms with E-state index in [1.54, 1.807) is 30.3 Å². The molecule has 2 bridgehead atoms. The first-order valence-corrected chi connectivity index (χ1v) is 14.4. The van der Waals surface area contributed by atoms with Crippen LogP contribution in [0, 0.1) is 5.92 Å². The van der Waals surface area contributed by atoms with Gasteiger partial charge in [0.1, 0.15) is 6.04 Å². The lowest BCUT2D eigenvalue weighted by molar-refractivity contribution is -0.913. The Balaban J connectivity index is 0.000000233. The van der Waals surface area contributed by atoms with Gasteiger partial charge in [-0.25, -0.2) is 13.2 Å². The van der Waals surface area contributed by atoms with E-state index in [2.05, 4.69) is 14.1 Å². The molecule has 0 aromatic heterocycles. The Kier molecular flexibility index (Phi) is 7.90. The Bertz CT molecular complexity index is 1130. The standard InChI is InChI=1S/C21H30NO3.C7H8O3S/c1-22(2)17-12-13-18(22)19(14-17)25-20(23)21(24,16-10-6-7-11-16)15-8-4-3-5-9-15;8-11(9,10)6-7-4-2-1-3-5-7/h3-5,8-9,16-19,24H,6-7,10-14H2,1-2H3;1-5H,6H2,(H,8,9,10)/q+1;/p-1/t17?,18-,19+,21-;/m1./s1. The minimum absolute atomic E-state index is 0.0384. The van der Waals surface area contributed by atoms with Crippen molar-refractivity contribution >= 4 is 16.1 Å². The van der Waals surface area contributed by atoms with E-state index in [0.29, 0.717) is 23.2 Å². The number of carbonyl (C=O) groups is 1. The smallest absolute Gasteiger partial charge is 0.343 e. The minimum atomic E-state index is -4.13. The van der Waals surface area contributed by atoms with Gasteiger partial charge in [0.05, 0.1) is 36.0 Å². The van der Waals surface area contributed by atoms with Crippen LogP contribution in [-0.2, 0) is 31.0 Å². The number of quaternary nitrogens is 1. The minimum Gasteiger partial charge on any atom is -0.748 e. The van der Waals surface area contributed by atoms with Gasteiger partial charge in [-0.15, -0.1) is 0 Å². The van der Waals surface area contributed by atoms with Gasteiger partial charge in [0.15, 0.2) is 11.7 Å². The average Bonchev–Trinajstić information content (AvgIpc) is 3.53. The molecule has 3 fully saturated rings. The fourth-order valence-electron chi connectivity index (χ4n) is 6.42. The molecule has 1 N–H and O–H groups in total. The Hall–Kier alpha value is -2.26. The van der Waals surface area contributed by atoms with E-state index >= 15 is 0 Å². The van der Waals surface area contributed by atoms with E-state index in [9.17, 15) is 22.9 Å². The van der Waals surface area contributed by atoms with Crippen molar-refractivity contribution in [2.24, 2.45) is 5.92 Å². The summed E-state index contributed by atoms with van der Waals surface area (Å²) in [6.07, 6.45) is 7.13. The fraction of sp³-hybridized carbons (Fsp3) is 0.536. The zero-order valence-corrected chi connectivity index (χ0v) is 21.9. The molecule has 3 aliphatic rings. The Labute approximate surface area is 214 Å². The average molecular weight is 516 g/mol. The van der Waals surface area contributed by atoms with Crippen LogP contribution in [0.3, 0.4) is 0 Å². The van der Waals surface area contributed by atoms with E-state index in [1.165, 1.54) is 6.42 Å². The van der Waals surface area contributed by atoms with E-state index in [-0.39, 0.29) is 12.0 Å². The molecule has 1 saturated carbocycles. The van der Waals surface area contributed by atoms with Crippen molar-refractivity contribution in [3.8, 4) is 0 Å². The summed E-state index contributed by atoms with van der Waals surface area (Å²) < 4.78 is 37.7. The molecule has 196 valence electrons. The van der Waals surface area contributed by atoms with Crippen LogP contribution < -0.4 is 0 Å². The molecule has 0 spiro atoms. The summed E-state index contributed by atoms with van der Waals surface area (Å²) in [6.45, 7) is 0. The van der Waals surface area contributed by atoms with Crippen LogP contribution in [0.15, 0.2) is 60.7 Å². The summed E-state index contributed by atoms with van der Waals surface area (Å²) in [5.74, 6) is -0.889. The van der Waals surface area contributed by atoms with E-state index in [1.807, 2.05) is 30.3 Å². The Morgan fingerprint density at radius 3 is 2.08 bits per heavy atom. The van der Waals surface area contributed by atoms with Gasteiger partial charge in [-0.1, -0.05) is 73.5 Å². The number of ether oxygens (including phenoxy) is 1. The number of likely N-dealkylation sites (N-methyl/N-ethyl adjacent to an activating group) is 1. The number of esters is 1. The summed E-state index contributed by atoms with van der Waals surface area (Å²) in [5, 5.41) is 11.5. The predicted octanol–water partition coefficient (Wildman–Crippen LogP) is 3.72. The van der Waals surface area contributed by atoms with Gasteiger partial charge in [0.2, 0.25) is 0 Å². The van der Waals surface area contributed by atoms with Crippen molar-refractivity contribution in [3.63, 3.8) is 0 Å². The summed E-state index contributed by atoms with van der Waals surface area (Å²) in [4.78, 5) is 13.2. The number of hydrogen-bond donors (Lipinski definition) is 1. The first kappa shape index (κ1) is 26.8. The maximum atomic E-state index is 13.2. The van der Waals surface area contributed by atoms with Crippen LogP contribution >= 0.6 is 0 Å². The second-order valence-electron chi connectivity index (χ2n) is 10.9. The van der Waals surface area contributed by atoms with Crippen LogP contribution in [0.2, 0.25) is 0 Å². The monoisotopic (exact) mass is 515 g/mol. The van der Waals surface area contributed by atoms with Crippen molar-refractivity contribution in [3.05, 3.63) is 71.8 Å². The van der Waals surface area contributed by atoms with Gasteiger partial charge in [0, 0.05) is 25.2 Å². The highest BCUT2D eigenvalue weighted by Gasteiger charge is 2.58. The topological polar surface area (TPSA) is 104 Å². The van der Waals surface area contributed by atoms with Crippen molar-refractivity contribution in [1.82, 2.24) is 0 Å². The summed E-state index contributed by atoms with van der Waals surface area (Å²) in [7, 11) is 0.366. The zero-order valence-electron chi connectivity index (χ0n) is 21.1. The summed E-state index contributed by atoms with van der Waals surface area (Å²) in [5.41, 5.74) is -0.289. The van der Waals surface area contributed by atoms with Crippen molar-refractivity contribution in [1.29, 1.82) is 0 Å². The molecular weight excluding hydrogens is 478 g/mol. The van der Waals surface area contributed by atoms with Crippen molar-refractivity contribution < 1.29 is 32.1 Å². The Morgan fingerprint density at radius 1 is 1.00 bits per heavy atom. The quantitative estimate of drug-likeness (QED) is 0.357. The molecule has 4 atom stereocenters. The molecule has 2 aliphatic heterocycles. The molecule has 2 aromatic rings. The third-order valence-electron chi connectivity index (χ3n) is 8.44. The Morgan fingerprint density at radius 2 is 1.58 bits per heavy atom. The second-order valence-corrected chi connectivity index (χ2v) is 12.3. The van der Waals surface area contributed by atoms with Gasteiger partial charge >= 0.3 is 5.97 Å². The molecule has 0 amide bonds. The molecule has 2 heterocycles. The van der Waals surface area contributed by atoms with E-state index in [0.717, 1.165) is 43.0 Å². The van der Waals surface area contributed by atoms with Crippen molar-refractivity contribution in [2.45, 2.75) is 74.5 Å². The normalized spacial score (nSPS) is 26.6. The van der Waals surface area contributed by atoms with E-state index in [4.69, 9.17) is 4.74 Å². The predicted molar refractivity (Wildman–Crippen MR) is 136 cm³/mol. The van der Waals surface area contributed by atoms with Gasteiger partial charge in [-0.05, 0) is 24.0 Å². The van der Waals surface area contributed by atoms with Crippen LogP contribution in [0.1, 0.15) is 56.1 Å². The third kappa shape index (κ3) is 5.67. The second kappa shape index (κ2) is 10.6. The largest absolute Gasteiger partial charge is 0.748 e. The third-order valence-corrected chi connectivity index (χ3v) is 9.13. The lowest BCUT2D eigenvalue weighted by atomic mass is 9.80. The maximum absolute atomic E-state index is 13.2. The number of carbonyl (C=O) groups excluding carboxylic acids is 1. The molecule has 2 saturated heterocycles.